The molecule has 0 aliphatic carbocycles. The fourth-order valence-electron chi connectivity index (χ4n) is 2.86. The minimum absolute atomic E-state index is 0.0286. The Balaban J connectivity index is 1.88. The molecule has 1 aromatic carbocycles. The van der Waals surface area contributed by atoms with E-state index in [1.165, 1.54) is 11.8 Å². The average molecular weight is 439 g/mol. The highest BCUT2D eigenvalue weighted by atomic mass is 35.5. The zero-order valence-electron chi connectivity index (χ0n) is 14.9. The van der Waals surface area contributed by atoms with Crippen LogP contribution in [0.15, 0.2) is 23.1 Å². The van der Waals surface area contributed by atoms with Crippen LogP contribution in [-0.4, -0.2) is 49.4 Å². The van der Waals surface area contributed by atoms with Gasteiger partial charge in [-0.15, -0.1) is 11.8 Å². The molecule has 1 N–H and O–H groups in total. The molecule has 0 saturated carbocycles. The summed E-state index contributed by atoms with van der Waals surface area (Å²) >= 11 is 13.5. The predicted octanol–water partition coefficient (Wildman–Crippen LogP) is 3.79. The van der Waals surface area contributed by atoms with Crippen molar-refractivity contribution in [2.45, 2.75) is 49.3 Å². The molecule has 26 heavy (non-hydrogen) atoms. The Hall–Kier alpha value is -0.470. The van der Waals surface area contributed by atoms with E-state index in [1.807, 2.05) is 13.8 Å². The summed E-state index contributed by atoms with van der Waals surface area (Å²) in [5.74, 6) is 0.168. The zero-order chi connectivity index (χ0) is 19.3. The summed E-state index contributed by atoms with van der Waals surface area (Å²) in [4.78, 5) is 15.3. The fraction of sp³-hybridized carbons (Fsp3) is 0.588. The lowest BCUT2D eigenvalue weighted by Crippen LogP contribution is -2.48. The maximum atomic E-state index is 12.7. The van der Waals surface area contributed by atoms with E-state index in [2.05, 4.69) is 4.72 Å². The maximum Gasteiger partial charge on any atom is 0.235 e. The maximum absolute atomic E-state index is 12.7. The molecule has 0 radical (unpaired) electrons. The van der Waals surface area contributed by atoms with Crippen LogP contribution in [0.3, 0.4) is 0 Å². The Morgan fingerprint density at radius 1 is 1.35 bits per heavy atom. The Morgan fingerprint density at radius 3 is 2.62 bits per heavy atom. The van der Waals surface area contributed by atoms with Gasteiger partial charge in [0.2, 0.25) is 15.9 Å². The third-order valence-corrected chi connectivity index (χ3v) is 7.63. The monoisotopic (exact) mass is 438 g/mol. The quantitative estimate of drug-likeness (QED) is 0.657. The molecule has 1 saturated heterocycles. The van der Waals surface area contributed by atoms with Gasteiger partial charge in [-0.2, -0.15) is 0 Å². The Labute approximate surface area is 169 Å². The van der Waals surface area contributed by atoms with Crippen LogP contribution in [0, 0.1) is 0 Å². The van der Waals surface area contributed by atoms with Crippen LogP contribution < -0.4 is 4.72 Å². The number of carbonyl (C=O) groups is 1. The van der Waals surface area contributed by atoms with Gasteiger partial charge < -0.3 is 4.90 Å². The molecule has 1 amide bonds. The molecule has 2 rings (SSSR count). The van der Waals surface area contributed by atoms with E-state index >= 15 is 0 Å². The summed E-state index contributed by atoms with van der Waals surface area (Å²) < 4.78 is 26.5. The molecule has 1 aliphatic heterocycles. The molecule has 0 spiro atoms. The molecule has 9 heteroatoms. The number of halogens is 2. The number of rotatable bonds is 7. The number of nitrogens with zero attached hydrogens (tertiary/aromatic N) is 1. The standard InChI is InChI=1S/C17H24Cl2N2O3S2/c1-3-10-26(23,24)20-14-6-8-21(9-7-14)17(22)12(2)25-16-11-13(18)4-5-15(16)19/h4-5,11-12,14,20H,3,6-10H2,1-2H3. The van der Waals surface area contributed by atoms with Crippen molar-refractivity contribution in [3.63, 3.8) is 0 Å². The molecular formula is C17H24Cl2N2O3S2. The first-order valence-electron chi connectivity index (χ1n) is 8.62. The number of nitrogens with one attached hydrogen (secondary N) is 1. The lowest BCUT2D eigenvalue weighted by atomic mass is 10.1. The minimum Gasteiger partial charge on any atom is -0.342 e. The van der Waals surface area contributed by atoms with Crippen LogP contribution in [0.2, 0.25) is 10.0 Å². The molecule has 1 aliphatic rings. The number of hydrogen-bond acceptors (Lipinski definition) is 4. The summed E-state index contributed by atoms with van der Waals surface area (Å²) in [6.45, 7) is 4.78. The van der Waals surface area contributed by atoms with Crippen LogP contribution in [0.5, 0.6) is 0 Å². The zero-order valence-corrected chi connectivity index (χ0v) is 18.0. The molecule has 5 nitrogen and oxygen atoms in total. The van der Waals surface area contributed by atoms with Gasteiger partial charge in [0, 0.05) is 29.0 Å². The SMILES string of the molecule is CCCS(=O)(=O)NC1CCN(C(=O)C(C)Sc2cc(Cl)ccc2Cl)CC1. The summed E-state index contributed by atoms with van der Waals surface area (Å²) in [6.07, 6.45) is 1.85. The minimum atomic E-state index is -3.22. The Kier molecular flexibility index (Phi) is 8.09. The van der Waals surface area contributed by atoms with Gasteiger partial charge in [-0.1, -0.05) is 30.1 Å². The average Bonchev–Trinajstić information content (AvgIpc) is 2.57. The summed E-state index contributed by atoms with van der Waals surface area (Å²) in [5, 5.41) is 0.860. The molecule has 0 aromatic heterocycles. The van der Waals surface area contributed by atoms with Crippen molar-refractivity contribution in [3.05, 3.63) is 28.2 Å². The second-order valence-corrected chi connectivity index (χ2v) is 10.5. The van der Waals surface area contributed by atoms with Gasteiger partial charge in [-0.25, -0.2) is 13.1 Å². The topological polar surface area (TPSA) is 66.5 Å². The first-order chi connectivity index (χ1) is 12.2. The third kappa shape index (κ3) is 6.30. The van der Waals surface area contributed by atoms with E-state index in [0.717, 1.165) is 4.90 Å². The van der Waals surface area contributed by atoms with Crippen LogP contribution in [0.4, 0.5) is 0 Å². The second kappa shape index (κ2) is 9.64. The van der Waals surface area contributed by atoms with Gasteiger partial charge >= 0.3 is 0 Å². The van der Waals surface area contributed by atoms with Crippen LogP contribution in [0.25, 0.3) is 0 Å². The molecule has 0 bridgehead atoms. The molecule has 146 valence electrons. The number of benzene rings is 1. The number of thioether (sulfide) groups is 1. The van der Waals surface area contributed by atoms with E-state index in [4.69, 9.17) is 23.2 Å². The van der Waals surface area contributed by atoms with Gasteiger partial charge in [-0.3, -0.25) is 4.79 Å². The lowest BCUT2D eigenvalue weighted by Gasteiger charge is -2.33. The van der Waals surface area contributed by atoms with Gasteiger partial charge in [0.1, 0.15) is 0 Å². The third-order valence-electron chi connectivity index (χ3n) is 4.17. The highest BCUT2D eigenvalue weighted by Gasteiger charge is 2.28. The Bertz CT molecular complexity index is 736. The normalized spacial score (nSPS) is 17.3. The van der Waals surface area contributed by atoms with Gasteiger partial charge in [0.05, 0.1) is 16.0 Å². The van der Waals surface area contributed by atoms with Crippen molar-refractivity contribution < 1.29 is 13.2 Å². The van der Waals surface area contributed by atoms with Crippen molar-refractivity contribution >= 4 is 50.9 Å². The molecule has 1 fully saturated rings. The molecule has 1 atom stereocenters. The van der Waals surface area contributed by atoms with Gasteiger partial charge in [0.25, 0.3) is 0 Å². The van der Waals surface area contributed by atoms with Crippen molar-refractivity contribution in [1.82, 2.24) is 9.62 Å². The largest absolute Gasteiger partial charge is 0.342 e. The van der Waals surface area contributed by atoms with Crippen molar-refractivity contribution in [2.75, 3.05) is 18.8 Å². The number of likely N-dealkylation sites (tertiary alicyclic amines) is 1. The lowest BCUT2D eigenvalue weighted by molar-refractivity contribution is -0.131. The molecular weight excluding hydrogens is 415 g/mol. The van der Waals surface area contributed by atoms with Crippen molar-refractivity contribution in [3.8, 4) is 0 Å². The molecule has 1 aromatic rings. The van der Waals surface area contributed by atoms with Crippen molar-refractivity contribution in [1.29, 1.82) is 0 Å². The Morgan fingerprint density at radius 2 is 2.00 bits per heavy atom. The van der Waals surface area contributed by atoms with Crippen LogP contribution in [-0.2, 0) is 14.8 Å². The first-order valence-corrected chi connectivity index (χ1v) is 11.9. The van der Waals surface area contributed by atoms with E-state index in [1.54, 1.807) is 23.1 Å². The van der Waals surface area contributed by atoms with Gasteiger partial charge in [0.15, 0.2) is 0 Å². The van der Waals surface area contributed by atoms with E-state index in [9.17, 15) is 13.2 Å². The summed E-state index contributed by atoms with van der Waals surface area (Å²) in [7, 11) is -3.22. The van der Waals surface area contributed by atoms with E-state index in [0.29, 0.717) is 42.4 Å². The van der Waals surface area contributed by atoms with E-state index in [-0.39, 0.29) is 23.0 Å². The highest BCUT2D eigenvalue weighted by Crippen LogP contribution is 2.33. The number of sulfonamides is 1. The molecule has 1 unspecified atom stereocenters. The first kappa shape index (κ1) is 21.8. The predicted molar refractivity (Wildman–Crippen MR) is 109 cm³/mol. The highest BCUT2D eigenvalue weighted by molar-refractivity contribution is 8.00. The van der Waals surface area contributed by atoms with Crippen LogP contribution in [0.1, 0.15) is 33.1 Å². The molecule has 1 heterocycles. The number of hydrogen-bond donors (Lipinski definition) is 1. The number of amides is 1. The number of piperidine rings is 1. The fourth-order valence-corrected chi connectivity index (χ4v) is 5.76. The van der Waals surface area contributed by atoms with Gasteiger partial charge in [-0.05, 0) is 44.4 Å². The summed E-state index contributed by atoms with van der Waals surface area (Å²) in [6, 6.07) is 5.09. The summed E-state index contributed by atoms with van der Waals surface area (Å²) in [5.41, 5.74) is 0. The smallest absolute Gasteiger partial charge is 0.235 e. The number of carbonyl (C=O) groups excluding carboxylic acids is 1. The van der Waals surface area contributed by atoms with E-state index < -0.39 is 10.0 Å². The second-order valence-electron chi connectivity index (χ2n) is 6.37. The van der Waals surface area contributed by atoms with Crippen LogP contribution >= 0.6 is 35.0 Å². The van der Waals surface area contributed by atoms with Crippen molar-refractivity contribution in [2.24, 2.45) is 0 Å².